The molecule has 208 valence electrons. The topological polar surface area (TPSA) is 0 Å². The van der Waals surface area contributed by atoms with E-state index in [1.165, 1.54) is 77.0 Å². The van der Waals surface area contributed by atoms with E-state index in [1.807, 2.05) is 0 Å². The van der Waals surface area contributed by atoms with Crippen molar-refractivity contribution in [3.05, 3.63) is 0 Å². The van der Waals surface area contributed by atoms with Gasteiger partial charge in [0, 0.05) is 0 Å². The van der Waals surface area contributed by atoms with Crippen molar-refractivity contribution in [2.24, 2.45) is 29.1 Å². The molecule has 0 aliphatic carbocycles. The van der Waals surface area contributed by atoms with Gasteiger partial charge in [-0.2, -0.15) is 0 Å². The molecule has 2 atom stereocenters. The largest absolute Gasteiger partial charge is 0.0654 e. The summed E-state index contributed by atoms with van der Waals surface area (Å²) in [6.45, 7) is 36.2. The molecule has 0 aliphatic heterocycles. The van der Waals surface area contributed by atoms with Crippen LogP contribution in [0.3, 0.4) is 0 Å². The van der Waals surface area contributed by atoms with E-state index in [4.69, 9.17) is 0 Å². The van der Waals surface area contributed by atoms with Crippen LogP contribution in [0.4, 0.5) is 0 Å². The molecule has 33 heavy (non-hydrogen) atoms. The van der Waals surface area contributed by atoms with Gasteiger partial charge in [0.15, 0.2) is 0 Å². The number of hydrogen-bond acceptors (Lipinski definition) is 0. The van der Waals surface area contributed by atoms with Crippen molar-refractivity contribution in [3.63, 3.8) is 0 Å². The molecule has 0 radical (unpaired) electrons. The number of rotatable bonds is 12. The van der Waals surface area contributed by atoms with Crippen molar-refractivity contribution >= 4 is 0 Å². The summed E-state index contributed by atoms with van der Waals surface area (Å²) in [5.41, 5.74) is 0.583. The van der Waals surface area contributed by atoms with Crippen LogP contribution in [0.2, 0.25) is 0 Å². The summed E-state index contributed by atoms with van der Waals surface area (Å²) < 4.78 is 0. The van der Waals surface area contributed by atoms with E-state index in [1.54, 1.807) is 0 Å². The Morgan fingerprint density at radius 3 is 0.909 bits per heavy atom. The van der Waals surface area contributed by atoms with E-state index in [-0.39, 0.29) is 0 Å². The zero-order valence-corrected chi connectivity index (χ0v) is 27.3. The lowest BCUT2D eigenvalue weighted by Gasteiger charge is -2.18. The van der Waals surface area contributed by atoms with Gasteiger partial charge in [-0.05, 0) is 29.1 Å². The molecule has 0 bridgehead atoms. The molecule has 0 saturated heterocycles. The number of unbranched alkanes of at least 4 members (excludes halogenated alkanes) is 3. The highest BCUT2D eigenvalue weighted by atomic mass is 14.2. The first-order valence-corrected chi connectivity index (χ1v) is 15.3. The maximum Gasteiger partial charge on any atom is -0.0359 e. The summed E-state index contributed by atoms with van der Waals surface area (Å²) in [6, 6.07) is 0. The smallest absolute Gasteiger partial charge is 0.0359 e. The van der Waals surface area contributed by atoms with Crippen LogP contribution in [0.1, 0.15) is 188 Å². The van der Waals surface area contributed by atoms with Crippen LogP contribution in [-0.4, -0.2) is 0 Å². The van der Waals surface area contributed by atoms with E-state index in [9.17, 15) is 0 Å². The van der Waals surface area contributed by atoms with Crippen LogP contribution >= 0.6 is 0 Å². The minimum absolute atomic E-state index is 0.583. The van der Waals surface area contributed by atoms with Crippen molar-refractivity contribution in [1.29, 1.82) is 0 Å². The monoisotopic (exact) mass is 473 g/mol. The molecule has 0 heteroatoms. The maximum absolute atomic E-state index is 2.31. The van der Waals surface area contributed by atoms with E-state index in [2.05, 4.69) is 111 Å². The Morgan fingerprint density at radius 2 is 0.848 bits per heavy atom. The lowest BCUT2D eigenvalue weighted by atomic mass is 9.88. The molecule has 2 unspecified atom stereocenters. The molecule has 0 heterocycles. The Hall–Kier alpha value is 0. The van der Waals surface area contributed by atoms with Gasteiger partial charge in [-0.1, -0.05) is 188 Å². The first kappa shape index (κ1) is 43.1. The fourth-order valence-electron chi connectivity index (χ4n) is 2.21. The summed E-state index contributed by atoms with van der Waals surface area (Å²) in [4.78, 5) is 0. The molecule has 0 rings (SSSR count). The zero-order chi connectivity index (χ0) is 27.3. The Balaban J connectivity index is -0.0000000992. The fourth-order valence-corrected chi connectivity index (χ4v) is 2.21. The van der Waals surface area contributed by atoms with Gasteiger partial charge in [0.25, 0.3) is 0 Å². The molecule has 0 aromatic rings. The molecular weight excluding hydrogens is 396 g/mol. The van der Waals surface area contributed by atoms with Crippen molar-refractivity contribution in [2.45, 2.75) is 188 Å². The third kappa shape index (κ3) is 50.0. The first-order chi connectivity index (χ1) is 15.3. The standard InChI is InChI=1S/3C7H16.2C6H14/c1-5-7(3,4)6-2;1-5-7(4)6(2)3;1-4-6-7(3)5-2;1-4-6(3)5-2;1-3-5-6-4-2/h5-6H2,1-4H3;6-7H,5H2,1-4H3;7H,4-6H2,1-3H3;6H,4-5H2,1-3H3;3-6H2,1-2H3. The normalized spacial score (nSPS) is 12.2. The van der Waals surface area contributed by atoms with Crippen molar-refractivity contribution in [3.8, 4) is 0 Å². The average Bonchev–Trinajstić information content (AvgIpc) is 2.83. The minimum Gasteiger partial charge on any atom is -0.0654 e. The second-order valence-electron chi connectivity index (χ2n) is 11.4. The van der Waals surface area contributed by atoms with Crippen LogP contribution in [-0.2, 0) is 0 Å². The molecule has 0 nitrogen and oxygen atoms in total. The molecule has 0 aromatic heterocycles. The van der Waals surface area contributed by atoms with Gasteiger partial charge in [0.1, 0.15) is 0 Å². The van der Waals surface area contributed by atoms with Crippen LogP contribution in [0, 0.1) is 29.1 Å². The van der Waals surface area contributed by atoms with Crippen LogP contribution in [0.25, 0.3) is 0 Å². The SMILES string of the molecule is CCC(C)(C)CC.CCC(C)C(C)C.CCC(C)CC.CCCC(C)CC.CCCCCC. The third-order valence-corrected chi connectivity index (χ3v) is 7.53. The third-order valence-electron chi connectivity index (χ3n) is 7.53. The Labute approximate surface area is 216 Å². The Bertz CT molecular complexity index is 274. The minimum atomic E-state index is 0.583. The van der Waals surface area contributed by atoms with Crippen LogP contribution < -0.4 is 0 Å². The van der Waals surface area contributed by atoms with Crippen LogP contribution in [0.5, 0.6) is 0 Å². The quantitative estimate of drug-likeness (QED) is 0.248. The molecule has 0 spiro atoms. The highest BCUT2D eigenvalue weighted by molar-refractivity contribution is 4.61. The van der Waals surface area contributed by atoms with Crippen molar-refractivity contribution in [2.75, 3.05) is 0 Å². The predicted molar refractivity (Wildman–Crippen MR) is 163 cm³/mol. The Morgan fingerprint density at radius 1 is 0.485 bits per heavy atom. The average molecular weight is 473 g/mol. The second-order valence-corrected chi connectivity index (χ2v) is 11.4. The van der Waals surface area contributed by atoms with Crippen molar-refractivity contribution in [1.82, 2.24) is 0 Å². The summed E-state index contributed by atoms with van der Waals surface area (Å²) in [5.74, 6) is 3.65. The van der Waals surface area contributed by atoms with Gasteiger partial charge in [0.05, 0.1) is 0 Å². The summed E-state index contributed by atoms with van der Waals surface area (Å²) in [7, 11) is 0. The van der Waals surface area contributed by atoms with E-state index in [0.29, 0.717) is 5.41 Å². The molecule has 0 saturated carbocycles. The van der Waals surface area contributed by atoms with E-state index < -0.39 is 0 Å². The summed E-state index contributed by atoms with van der Waals surface area (Å²) in [6.07, 6.45) is 16.2. The van der Waals surface area contributed by atoms with E-state index >= 15 is 0 Å². The van der Waals surface area contributed by atoms with Crippen molar-refractivity contribution < 1.29 is 0 Å². The Kier molecular flexibility index (Phi) is 44.6. The molecular formula is C33H76. The second kappa shape index (κ2) is 34.2. The molecule has 0 fully saturated rings. The maximum atomic E-state index is 2.31. The molecule has 0 amide bonds. The number of hydrogen-bond donors (Lipinski definition) is 0. The highest BCUT2D eigenvalue weighted by Gasteiger charge is 2.09. The highest BCUT2D eigenvalue weighted by Crippen LogP contribution is 2.22. The van der Waals surface area contributed by atoms with Gasteiger partial charge in [0.2, 0.25) is 0 Å². The lowest BCUT2D eigenvalue weighted by molar-refractivity contribution is 0.338. The van der Waals surface area contributed by atoms with Gasteiger partial charge < -0.3 is 0 Å². The molecule has 0 aliphatic rings. The van der Waals surface area contributed by atoms with Gasteiger partial charge in [-0.3, -0.25) is 0 Å². The van der Waals surface area contributed by atoms with Gasteiger partial charge in [-0.15, -0.1) is 0 Å². The van der Waals surface area contributed by atoms with Crippen LogP contribution in [0.15, 0.2) is 0 Å². The molecule has 0 N–H and O–H groups in total. The summed E-state index contributed by atoms with van der Waals surface area (Å²) >= 11 is 0. The lowest BCUT2D eigenvalue weighted by Crippen LogP contribution is -2.05. The summed E-state index contributed by atoms with van der Waals surface area (Å²) in [5, 5.41) is 0. The predicted octanol–water partition coefficient (Wildman–Crippen LogP) is 13.4. The first-order valence-electron chi connectivity index (χ1n) is 15.3. The fraction of sp³-hybridized carbons (Fsp3) is 1.00. The zero-order valence-electron chi connectivity index (χ0n) is 27.3. The van der Waals surface area contributed by atoms with Gasteiger partial charge in [-0.25, -0.2) is 0 Å². The van der Waals surface area contributed by atoms with E-state index in [0.717, 1.165) is 23.7 Å². The van der Waals surface area contributed by atoms with Gasteiger partial charge >= 0.3 is 0 Å². The molecule has 0 aromatic carbocycles.